The number of para-hydroxylation sites is 2. The highest BCUT2D eigenvalue weighted by Gasteiger charge is 2.22. The first-order valence-electron chi connectivity index (χ1n) is 15.0. The molecule has 0 amide bonds. The van der Waals surface area contributed by atoms with Crippen molar-refractivity contribution >= 4 is 91.4 Å². The Bertz CT molecular complexity index is 2440. The van der Waals surface area contributed by atoms with E-state index in [-0.39, 0.29) is 4.70 Å². The number of aromatic nitrogens is 4. The average Bonchev–Trinajstić information content (AvgIpc) is 3.66. The molecule has 218 valence electrons. The summed E-state index contributed by atoms with van der Waals surface area (Å²) in [5, 5.41) is 4.97. The average molecular weight is 720 g/mol. The Hall–Kier alpha value is -4.86. The largest absolute Gasteiger partial charge is 0.371 e. The van der Waals surface area contributed by atoms with E-state index in [1.165, 1.54) is 42.7 Å². The first-order valence-corrected chi connectivity index (χ1v) is 17.0. The summed E-state index contributed by atoms with van der Waals surface area (Å²) in [5.74, 6) is 1.78. The Kier molecular flexibility index (Phi) is 7.35. The lowest BCUT2D eigenvalue weighted by molar-refractivity contribution is 1.04. The number of hydrogen-bond acceptors (Lipinski definition) is 4. The first-order chi connectivity index (χ1) is 22.6. The third kappa shape index (κ3) is 4.87. The van der Waals surface area contributed by atoms with Gasteiger partial charge in [0, 0.05) is 58.7 Å². The van der Waals surface area contributed by atoms with Gasteiger partial charge in [-0.1, -0.05) is 122 Å². The van der Waals surface area contributed by atoms with Gasteiger partial charge in [0.05, 0.1) is 0 Å². The molecule has 0 aliphatic heterocycles. The molecule has 8 aromatic rings. The molecule has 0 aliphatic rings. The molecular weight excluding hydrogens is 694 g/mol. The fourth-order valence-corrected chi connectivity index (χ4v) is 8.32. The molecule has 3 aromatic heterocycles. The minimum atomic E-state index is 0.0929. The van der Waals surface area contributed by atoms with Crippen molar-refractivity contribution in [2.75, 3.05) is 0 Å². The van der Waals surface area contributed by atoms with Gasteiger partial charge in [-0.25, -0.2) is 15.0 Å². The van der Waals surface area contributed by atoms with Crippen molar-refractivity contribution in [1.82, 2.24) is 19.4 Å². The van der Waals surface area contributed by atoms with Crippen LogP contribution < -0.4 is 5.46 Å². The molecule has 0 saturated carbocycles. The van der Waals surface area contributed by atoms with Gasteiger partial charge in [0.1, 0.15) is 0 Å². The van der Waals surface area contributed by atoms with Crippen LogP contribution in [0.15, 0.2) is 147 Å². The summed E-state index contributed by atoms with van der Waals surface area (Å²) in [7, 11) is 0. The summed E-state index contributed by atoms with van der Waals surface area (Å²) >= 11 is 4.31. The molecule has 7 heteroatoms. The monoisotopic (exact) mass is 720 g/mol. The van der Waals surface area contributed by atoms with Crippen LogP contribution in [-0.4, -0.2) is 24.1 Å². The molecule has 0 N–H and O–H groups in total. The third-order valence-corrected chi connectivity index (χ3v) is 10.8. The molecule has 0 spiro atoms. The highest BCUT2D eigenvalue weighted by atomic mass is 127. The number of benzene rings is 5. The summed E-state index contributed by atoms with van der Waals surface area (Å²) in [5.41, 5.74) is 6.24. The number of allylic oxidation sites excluding steroid dienone is 4. The molecule has 0 unspecified atom stereocenters. The van der Waals surface area contributed by atoms with Gasteiger partial charge >= 0.3 is 4.70 Å². The second-order valence-electron chi connectivity index (χ2n) is 11.1. The van der Waals surface area contributed by atoms with Crippen molar-refractivity contribution in [1.29, 1.82) is 0 Å². The predicted octanol–water partition coefficient (Wildman–Crippen LogP) is 10.1. The standard InChI is InChI=1S/C39H26BIN4S/c1-3-4-12-25(2)37-42-38(44-39(43-37)32-17-11-16-31-30-15-7-10-20-35(30)46-36(31)32)26-21-23-27(24-22-26)40(41)45-33-18-8-5-13-28(33)29-14-6-9-19-34(29)45/h3-24H,1-2H2/b12-4-. The van der Waals surface area contributed by atoms with Gasteiger partial charge in [0.15, 0.2) is 17.5 Å². The van der Waals surface area contributed by atoms with E-state index in [0.717, 1.165) is 15.8 Å². The fraction of sp³-hybridized carbons (Fsp3) is 0. The highest BCUT2D eigenvalue weighted by Crippen LogP contribution is 2.39. The first kappa shape index (κ1) is 28.6. The lowest BCUT2D eigenvalue weighted by Gasteiger charge is -2.13. The Morgan fingerprint density at radius 1 is 0.696 bits per heavy atom. The number of fused-ring (bicyclic) bond motifs is 6. The number of rotatable bonds is 7. The zero-order chi connectivity index (χ0) is 31.2. The molecular formula is C39H26BIN4S. The van der Waals surface area contributed by atoms with Gasteiger partial charge in [-0.2, -0.15) is 0 Å². The molecule has 4 nitrogen and oxygen atoms in total. The maximum atomic E-state index is 5.06. The van der Waals surface area contributed by atoms with Crippen molar-refractivity contribution in [2.45, 2.75) is 0 Å². The zero-order valence-corrected chi connectivity index (χ0v) is 27.7. The summed E-state index contributed by atoms with van der Waals surface area (Å²) in [6.07, 6.45) is 5.45. The summed E-state index contributed by atoms with van der Waals surface area (Å²) in [6.45, 7) is 8.06. The van der Waals surface area contributed by atoms with Gasteiger partial charge in [0.25, 0.3) is 0 Å². The summed E-state index contributed by atoms with van der Waals surface area (Å²) in [4.78, 5) is 14.9. The second kappa shape index (κ2) is 11.8. The molecule has 5 aromatic carbocycles. The van der Waals surface area contributed by atoms with E-state index in [2.05, 4.69) is 155 Å². The molecule has 46 heavy (non-hydrogen) atoms. The number of hydrogen-bond donors (Lipinski definition) is 0. The molecule has 0 saturated heterocycles. The van der Waals surface area contributed by atoms with Crippen LogP contribution in [0.3, 0.4) is 0 Å². The smallest absolute Gasteiger partial charge is 0.366 e. The summed E-state index contributed by atoms with van der Waals surface area (Å²) < 4.78 is 4.91. The van der Waals surface area contributed by atoms with E-state index in [4.69, 9.17) is 15.0 Å². The van der Waals surface area contributed by atoms with Crippen LogP contribution >= 0.6 is 33.7 Å². The molecule has 0 atom stereocenters. The topological polar surface area (TPSA) is 43.6 Å². The zero-order valence-electron chi connectivity index (χ0n) is 24.8. The minimum Gasteiger partial charge on any atom is -0.371 e. The molecule has 0 radical (unpaired) electrons. The maximum absolute atomic E-state index is 5.06. The van der Waals surface area contributed by atoms with Crippen molar-refractivity contribution < 1.29 is 0 Å². The Morgan fingerprint density at radius 3 is 2.04 bits per heavy atom. The van der Waals surface area contributed by atoms with Gasteiger partial charge in [-0.05, 0) is 29.7 Å². The lowest BCUT2D eigenvalue weighted by atomic mass is 9.81. The van der Waals surface area contributed by atoms with Gasteiger partial charge in [-0.15, -0.1) is 33.7 Å². The van der Waals surface area contributed by atoms with E-state index in [1.54, 1.807) is 17.4 Å². The van der Waals surface area contributed by atoms with Crippen molar-refractivity contribution in [3.05, 3.63) is 152 Å². The van der Waals surface area contributed by atoms with Crippen LogP contribution in [0.25, 0.3) is 70.3 Å². The predicted molar refractivity (Wildman–Crippen MR) is 206 cm³/mol. The SMILES string of the molecule is C=C/C=C\C(=C)c1nc(-c2ccc(B(I)n3c4ccccc4c4ccccc43)cc2)nc(-c2cccc3c2sc2ccccc23)n1. The van der Waals surface area contributed by atoms with Crippen LogP contribution in [0.4, 0.5) is 0 Å². The van der Waals surface area contributed by atoms with E-state index in [1.807, 2.05) is 12.2 Å². The molecule has 0 bridgehead atoms. The Balaban J connectivity index is 1.23. The van der Waals surface area contributed by atoms with E-state index in [9.17, 15) is 0 Å². The molecule has 8 rings (SSSR count). The van der Waals surface area contributed by atoms with Crippen LogP contribution in [0.5, 0.6) is 0 Å². The van der Waals surface area contributed by atoms with Crippen LogP contribution in [-0.2, 0) is 0 Å². The van der Waals surface area contributed by atoms with E-state index < -0.39 is 0 Å². The summed E-state index contributed by atoms with van der Waals surface area (Å²) in [6, 6.07) is 40.7. The maximum Gasteiger partial charge on any atom is 0.366 e. The Labute approximate surface area is 284 Å². The molecule has 3 heterocycles. The second-order valence-corrected chi connectivity index (χ2v) is 13.3. The lowest BCUT2D eigenvalue weighted by Crippen LogP contribution is -2.31. The Morgan fingerprint density at radius 2 is 1.33 bits per heavy atom. The minimum absolute atomic E-state index is 0.0929. The van der Waals surface area contributed by atoms with E-state index >= 15 is 0 Å². The fourth-order valence-electron chi connectivity index (χ4n) is 6.09. The number of thiophene rings is 1. The number of halogens is 1. The van der Waals surface area contributed by atoms with Gasteiger partial charge in [-0.3, -0.25) is 0 Å². The van der Waals surface area contributed by atoms with Crippen LogP contribution in [0.2, 0.25) is 0 Å². The third-order valence-electron chi connectivity index (χ3n) is 8.29. The van der Waals surface area contributed by atoms with Crippen molar-refractivity contribution in [3.63, 3.8) is 0 Å². The van der Waals surface area contributed by atoms with Gasteiger partial charge < -0.3 is 4.48 Å². The number of nitrogens with zero attached hydrogens (tertiary/aromatic N) is 4. The quantitative estimate of drug-likeness (QED) is 0.0936. The van der Waals surface area contributed by atoms with Crippen molar-refractivity contribution in [3.8, 4) is 22.8 Å². The molecule has 0 aliphatic carbocycles. The van der Waals surface area contributed by atoms with Crippen LogP contribution in [0.1, 0.15) is 5.82 Å². The van der Waals surface area contributed by atoms with Gasteiger partial charge in [0.2, 0.25) is 0 Å². The normalized spacial score (nSPS) is 11.7. The highest BCUT2D eigenvalue weighted by molar-refractivity contribution is 14.1. The van der Waals surface area contributed by atoms with Crippen LogP contribution in [0, 0.1) is 0 Å². The van der Waals surface area contributed by atoms with Crippen molar-refractivity contribution in [2.24, 2.45) is 0 Å². The molecule has 0 fully saturated rings. The van der Waals surface area contributed by atoms with E-state index in [0.29, 0.717) is 23.0 Å².